The number of aromatic nitrogens is 4. The number of amides is 1. The van der Waals surface area contributed by atoms with Crippen LogP contribution < -0.4 is 5.32 Å². The molecule has 1 atom stereocenters. The molecule has 1 rings (SSSR count). The molecular formula is C6H7N5O2. The summed E-state index contributed by atoms with van der Waals surface area (Å²) >= 11 is 0. The largest absolute Gasteiger partial charge is 0.465 e. The van der Waals surface area contributed by atoms with Gasteiger partial charge in [-0.25, -0.2) is 4.79 Å². The third-order valence-corrected chi connectivity index (χ3v) is 1.38. The van der Waals surface area contributed by atoms with E-state index in [-0.39, 0.29) is 0 Å². The summed E-state index contributed by atoms with van der Waals surface area (Å²) in [5.74, 6) is 2.22. The highest BCUT2D eigenvalue weighted by molar-refractivity contribution is 5.65. The summed E-state index contributed by atoms with van der Waals surface area (Å²) in [5.41, 5.74) is -1.30. The topological polar surface area (TPSA) is 92.9 Å². The van der Waals surface area contributed by atoms with Crippen LogP contribution in [0.2, 0.25) is 0 Å². The molecule has 1 heterocycles. The lowest BCUT2D eigenvalue weighted by Crippen LogP contribution is -2.47. The first-order chi connectivity index (χ1) is 6.08. The molecule has 0 unspecified atom stereocenters. The molecule has 0 aromatic carbocycles. The number of carboxylic acid groups (broad SMARTS) is 1. The Morgan fingerprint density at radius 1 is 1.85 bits per heavy atom. The summed E-state index contributed by atoms with van der Waals surface area (Å²) in [5, 5.41) is 21.1. The van der Waals surface area contributed by atoms with E-state index >= 15 is 0 Å². The Hall–Kier alpha value is -2.10. The van der Waals surface area contributed by atoms with Gasteiger partial charge in [-0.2, -0.15) is 0 Å². The summed E-state index contributed by atoms with van der Waals surface area (Å²) < 4.78 is 0. The SMILES string of the molecule is C#C[C@](C)(NC(=O)O)n1ncnn1. The number of hydrogen-bond acceptors (Lipinski definition) is 4. The standard InChI is InChI=1S/C6H7N5O2/c1-3-6(2,9-5(12)13)11-8-4-7-10-11/h1,4,9H,2H3,(H,12,13)/t6-/m1/s1. The van der Waals surface area contributed by atoms with E-state index in [2.05, 4.69) is 26.6 Å². The van der Waals surface area contributed by atoms with Crippen LogP contribution >= 0.6 is 0 Å². The molecular weight excluding hydrogens is 174 g/mol. The van der Waals surface area contributed by atoms with Crippen LogP contribution in [0.1, 0.15) is 6.92 Å². The highest BCUT2D eigenvalue weighted by Crippen LogP contribution is 2.05. The summed E-state index contributed by atoms with van der Waals surface area (Å²) in [7, 11) is 0. The van der Waals surface area contributed by atoms with Gasteiger partial charge in [0.25, 0.3) is 0 Å². The third kappa shape index (κ3) is 1.73. The maximum absolute atomic E-state index is 10.4. The smallest absolute Gasteiger partial charge is 0.407 e. The van der Waals surface area contributed by atoms with Crippen molar-refractivity contribution in [2.45, 2.75) is 12.6 Å². The number of terminal acetylenes is 1. The van der Waals surface area contributed by atoms with Gasteiger partial charge in [-0.05, 0) is 12.1 Å². The fourth-order valence-corrected chi connectivity index (χ4v) is 0.724. The molecule has 1 amide bonds. The van der Waals surface area contributed by atoms with E-state index in [0.717, 1.165) is 4.80 Å². The summed E-state index contributed by atoms with van der Waals surface area (Å²) in [6.45, 7) is 1.45. The Kier molecular flexibility index (Phi) is 2.15. The predicted molar refractivity (Wildman–Crippen MR) is 41.5 cm³/mol. The Morgan fingerprint density at radius 3 is 2.92 bits per heavy atom. The van der Waals surface area contributed by atoms with Crippen LogP contribution in [0.15, 0.2) is 6.33 Å². The van der Waals surface area contributed by atoms with Crippen LogP contribution in [0, 0.1) is 12.3 Å². The molecule has 68 valence electrons. The number of nitrogens with one attached hydrogen (secondary N) is 1. The monoisotopic (exact) mass is 181 g/mol. The highest BCUT2D eigenvalue weighted by atomic mass is 16.4. The molecule has 0 spiro atoms. The summed E-state index contributed by atoms with van der Waals surface area (Å²) in [6, 6.07) is 0. The average Bonchev–Trinajstić information content (AvgIpc) is 2.55. The highest BCUT2D eigenvalue weighted by Gasteiger charge is 2.27. The molecule has 0 aliphatic carbocycles. The lowest BCUT2D eigenvalue weighted by atomic mass is 10.2. The molecule has 13 heavy (non-hydrogen) atoms. The van der Waals surface area contributed by atoms with Gasteiger partial charge in [0.1, 0.15) is 0 Å². The normalized spacial score (nSPS) is 14.2. The van der Waals surface area contributed by atoms with E-state index in [1.54, 1.807) is 0 Å². The average molecular weight is 181 g/mol. The molecule has 2 N–H and O–H groups in total. The van der Waals surface area contributed by atoms with Crippen LogP contribution in [0.4, 0.5) is 4.79 Å². The zero-order valence-electron chi connectivity index (χ0n) is 6.80. The number of carbonyl (C=O) groups is 1. The van der Waals surface area contributed by atoms with Gasteiger partial charge in [0.2, 0.25) is 5.66 Å². The van der Waals surface area contributed by atoms with Crippen LogP contribution in [-0.4, -0.2) is 31.4 Å². The Balaban J connectivity index is 2.96. The van der Waals surface area contributed by atoms with Gasteiger partial charge in [-0.15, -0.1) is 21.4 Å². The van der Waals surface area contributed by atoms with Crippen molar-refractivity contribution in [3.63, 3.8) is 0 Å². The van der Waals surface area contributed by atoms with Crippen LogP contribution in [-0.2, 0) is 5.66 Å². The van der Waals surface area contributed by atoms with E-state index in [1.165, 1.54) is 13.3 Å². The Bertz CT molecular complexity index is 340. The third-order valence-electron chi connectivity index (χ3n) is 1.38. The van der Waals surface area contributed by atoms with Crippen molar-refractivity contribution in [2.75, 3.05) is 0 Å². The van der Waals surface area contributed by atoms with Crippen molar-refractivity contribution in [3.05, 3.63) is 6.33 Å². The lowest BCUT2D eigenvalue weighted by Gasteiger charge is -2.20. The molecule has 0 aliphatic heterocycles. The second kappa shape index (κ2) is 3.10. The van der Waals surface area contributed by atoms with Crippen molar-refractivity contribution in [3.8, 4) is 12.3 Å². The molecule has 1 aromatic rings. The summed E-state index contributed by atoms with van der Waals surface area (Å²) in [4.78, 5) is 11.4. The van der Waals surface area contributed by atoms with Gasteiger partial charge in [0, 0.05) is 0 Å². The number of hydrogen-bond donors (Lipinski definition) is 2. The van der Waals surface area contributed by atoms with Gasteiger partial charge in [-0.3, -0.25) is 5.32 Å². The van der Waals surface area contributed by atoms with E-state index in [0.29, 0.717) is 0 Å². The van der Waals surface area contributed by atoms with Crippen LogP contribution in [0.5, 0.6) is 0 Å². The summed E-state index contributed by atoms with van der Waals surface area (Å²) in [6.07, 6.45) is 5.06. The molecule has 7 nitrogen and oxygen atoms in total. The number of nitrogens with zero attached hydrogens (tertiary/aromatic N) is 4. The Labute approximate surface area is 73.7 Å². The molecule has 1 aromatic heterocycles. The van der Waals surface area contributed by atoms with Gasteiger partial charge in [0.15, 0.2) is 6.33 Å². The van der Waals surface area contributed by atoms with E-state index in [1.807, 2.05) is 0 Å². The maximum Gasteiger partial charge on any atom is 0.407 e. The van der Waals surface area contributed by atoms with Crippen LogP contribution in [0.25, 0.3) is 0 Å². The van der Waals surface area contributed by atoms with E-state index < -0.39 is 11.8 Å². The van der Waals surface area contributed by atoms with Crippen molar-refractivity contribution in [2.24, 2.45) is 0 Å². The van der Waals surface area contributed by atoms with Crippen molar-refractivity contribution in [1.82, 2.24) is 25.5 Å². The molecule has 0 bridgehead atoms. The van der Waals surface area contributed by atoms with Crippen LogP contribution in [0.3, 0.4) is 0 Å². The minimum atomic E-state index is -1.30. The zero-order chi connectivity index (χ0) is 9.90. The first-order valence-electron chi connectivity index (χ1n) is 3.31. The zero-order valence-corrected chi connectivity index (χ0v) is 6.80. The van der Waals surface area contributed by atoms with Crippen molar-refractivity contribution < 1.29 is 9.90 Å². The number of rotatable bonds is 2. The first-order valence-corrected chi connectivity index (χ1v) is 3.31. The molecule has 0 saturated heterocycles. The van der Waals surface area contributed by atoms with E-state index in [4.69, 9.17) is 11.5 Å². The second-order valence-corrected chi connectivity index (χ2v) is 2.37. The maximum atomic E-state index is 10.4. The molecule has 0 aliphatic rings. The fourth-order valence-electron chi connectivity index (χ4n) is 0.724. The first kappa shape index (κ1) is 8.99. The molecule has 0 radical (unpaired) electrons. The molecule has 7 heteroatoms. The minimum Gasteiger partial charge on any atom is -0.465 e. The van der Waals surface area contributed by atoms with Gasteiger partial charge >= 0.3 is 6.09 Å². The minimum absolute atomic E-state index is 1.00. The second-order valence-electron chi connectivity index (χ2n) is 2.37. The predicted octanol–water partition coefficient (Wildman–Crippen LogP) is -0.753. The quantitative estimate of drug-likeness (QED) is 0.585. The molecule has 0 saturated carbocycles. The number of tetrazole rings is 1. The molecule has 0 fully saturated rings. The van der Waals surface area contributed by atoms with E-state index in [9.17, 15) is 4.79 Å². The van der Waals surface area contributed by atoms with Gasteiger partial charge < -0.3 is 5.11 Å². The van der Waals surface area contributed by atoms with Gasteiger partial charge in [0.05, 0.1) is 0 Å². The Morgan fingerprint density at radius 2 is 2.54 bits per heavy atom. The van der Waals surface area contributed by atoms with Gasteiger partial charge in [-0.1, -0.05) is 5.92 Å². The fraction of sp³-hybridized carbons (Fsp3) is 0.333. The van der Waals surface area contributed by atoms with Crippen molar-refractivity contribution >= 4 is 6.09 Å². The lowest BCUT2D eigenvalue weighted by molar-refractivity contribution is 0.169. The van der Waals surface area contributed by atoms with Crippen molar-refractivity contribution in [1.29, 1.82) is 0 Å².